The summed E-state index contributed by atoms with van der Waals surface area (Å²) >= 11 is 3.22. The second-order valence-electron chi connectivity index (χ2n) is 4.30. The van der Waals surface area contributed by atoms with Crippen molar-refractivity contribution in [2.45, 2.75) is 17.7 Å². The Morgan fingerprint density at radius 2 is 2.10 bits per heavy atom. The first kappa shape index (κ1) is 18.1. The third-order valence-electron chi connectivity index (χ3n) is 2.60. The predicted molar refractivity (Wildman–Crippen MR) is 83.5 cm³/mol. The van der Waals surface area contributed by atoms with E-state index in [0.29, 0.717) is 17.6 Å². The van der Waals surface area contributed by atoms with E-state index in [1.807, 2.05) is 0 Å². The Labute approximate surface area is 133 Å². The molecule has 0 saturated carbocycles. The zero-order valence-corrected chi connectivity index (χ0v) is 14.2. The monoisotopic (exact) mass is 378 g/mol. The van der Waals surface area contributed by atoms with Gasteiger partial charge in [0.05, 0.1) is 4.90 Å². The van der Waals surface area contributed by atoms with Gasteiger partial charge in [0.25, 0.3) is 0 Å². The van der Waals surface area contributed by atoms with Crippen LogP contribution in [0.3, 0.4) is 0 Å². The average molecular weight is 379 g/mol. The summed E-state index contributed by atoms with van der Waals surface area (Å²) < 4.78 is 31.9. The van der Waals surface area contributed by atoms with Crippen LogP contribution < -0.4 is 10.0 Å². The predicted octanol–water partition coefficient (Wildman–Crippen LogP) is 1.27. The van der Waals surface area contributed by atoms with Gasteiger partial charge in [0.15, 0.2) is 0 Å². The van der Waals surface area contributed by atoms with Gasteiger partial charge in [0.2, 0.25) is 15.9 Å². The average Bonchev–Trinajstić information content (AvgIpc) is 2.43. The molecule has 0 heterocycles. The number of carbonyl (C=O) groups excluding carboxylic acids is 1. The van der Waals surface area contributed by atoms with Crippen molar-refractivity contribution in [1.29, 1.82) is 0 Å². The summed E-state index contributed by atoms with van der Waals surface area (Å²) in [6.45, 7) is 1.16. The van der Waals surface area contributed by atoms with E-state index in [1.54, 1.807) is 19.2 Å². The first-order valence-corrected chi connectivity index (χ1v) is 8.74. The van der Waals surface area contributed by atoms with Crippen molar-refractivity contribution in [3.63, 3.8) is 0 Å². The number of hydrogen-bond donors (Lipinski definition) is 2. The molecule has 0 spiro atoms. The molecule has 0 aromatic heterocycles. The molecule has 0 radical (unpaired) electrons. The third kappa shape index (κ3) is 7.03. The molecule has 118 valence electrons. The molecule has 0 bridgehead atoms. The summed E-state index contributed by atoms with van der Waals surface area (Å²) in [5.41, 5.74) is 0. The minimum absolute atomic E-state index is 0.0605. The van der Waals surface area contributed by atoms with Crippen LogP contribution in [0, 0.1) is 0 Å². The number of carbonyl (C=O) groups is 1. The third-order valence-corrected chi connectivity index (χ3v) is 4.55. The highest BCUT2D eigenvalue weighted by Crippen LogP contribution is 2.15. The van der Waals surface area contributed by atoms with E-state index in [-0.39, 0.29) is 23.8 Å². The summed E-state index contributed by atoms with van der Waals surface area (Å²) in [7, 11) is -1.99. The second kappa shape index (κ2) is 9.14. The molecular formula is C13H19BrN2O4S. The lowest BCUT2D eigenvalue weighted by molar-refractivity contribution is -0.120. The van der Waals surface area contributed by atoms with Gasteiger partial charge >= 0.3 is 0 Å². The number of sulfonamides is 1. The van der Waals surface area contributed by atoms with Crippen molar-refractivity contribution < 1.29 is 17.9 Å². The van der Waals surface area contributed by atoms with Crippen molar-refractivity contribution >= 4 is 31.9 Å². The number of rotatable bonds is 9. The minimum atomic E-state index is -3.59. The number of nitrogens with one attached hydrogen (secondary N) is 2. The fraction of sp³-hybridized carbons (Fsp3) is 0.462. The van der Waals surface area contributed by atoms with Crippen LogP contribution in [0.4, 0.5) is 0 Å². The molecule has 0 aliphatic rings. The molecule has 0 fully saturated rings. The van der Waals surface area contributed by atoms with Crippen molar-refractivity contribution in [3.05, 3.63) is 28.7 Å². The van der Waals surface area contributed by atoms with E-state index in [9.17, 15) is 13.2 Å². The highest BCUT2D eigenvalue weighted by molar-refractivity contribution is 9.10. The molecule has 0 atom stereocenters. The largest absolute Gasteiger partial charge is 0.385 e. The van der Waals surface area contributed by atoms with E-state index < -0.39 is 10.0 Å². The Morgan fingerprint density at radius 1 is 1.33 bits per heavy atom. The van der Waals surface area contributed by atoms with Gasteiger partial charge in [0.1, 0.15) is 0 Å². The molecule has 1 aromatic carbocycles. The minimum Gasteiger partial charge on any atom is -0.385 e. The molecule has 2 N–H and O–H groups in total. The van der Waals surface area contributed by atoms with Gasteiger partial charge in [-0.05, 0) is 24.6 Å². The topological polar surface area (TPSA) is 84.5 Å². The number of amides is 1. The lowest BCUT2D eigenvalue weighted by Crippen LogP contribution is -2.31. The Balaban J connectivity index is 2.36. The smallest absolute Gasteiger partial charge is 0.240 e. The van der Waals surface area contributed by atoms with E-state index >= 15 is 0 Å². The van der Waals surface area contributed by atoms with Crippen LogP contribution >= 0.6 is 15.9 Å². The molecular weight excluding hydrogens is 360 g/mol. The summed E-state index contributed by atoms with van der Waals surface area (Å²) in [5, 5.41) is 2.69. The quantitative estimate of drug-likeness (QED) is 0.633. The van der Waals surface area contributed by atoms with Crippen LogP contribution in [-0.2, 0) is 19.6 Å². The Bertz CT molecular complexity index is 563. The van der Waals surface area contributed by atoms with Crippen LogP contribution in [-0.4, -0.2) is 41.1 Å². The van der Waals surface area contributed by atoms with Gasteiger partial charge in [-0.15, -0.1) is 0 Å². The van der Waals surface area contributed by atoms with Crippen LogP contribution in [0.1, 0.15) is 12.8 Å². The molecule has 1 aromatic rings. The van der Waals surface area contributed by atoms with E-state index in [1.165, 1.54) is 12.1 Å². The molecule has 1 rings (SSSR count). The van der Waals surface area contributed by atoms with Gasteiger partial charge in [-0.2, -0.15) is 0 Å². The SMILES string of the molecule is COCCCNC(=O)CCNS(=O)(=O)c1cccc(Br)c1. The lowest BCUT2D eigenvalue weighted by Gasteiger charge is -2.08. The van der Waals surface area contributed by atoms with E-state index in [4.69, 9.17) is 4.74 Å². The van der Waals surface area contributed by atoms with Crippen molar-refractivity contribution in [2.24, 2.45) is 0 Å². The molecule has 0 saturated heterocycles. The second-order valence-corrected chi connectivity index (χ2v) is 6.98. The molecule has 0 unspecified atom stereocenters. The Kier molecular flexibility index (Phi) is 7.87. The first-order chi connectivity index (χ1) is 9.95. The highest BCUT2D eigenvalue weighted by Gasteiger charge is 2.14. The highest BCUT2D eigenvalue weighted by atomic mass is 79.9. The van der Waals surface area contributed by atoms with Gasteiger partial charge in [0, 0.05) is 37.7 Å². The van der Waals surface area contributed by atoms with Crippen molar-refractivity contribution in [3.8, 4) is 0 Å². The maximum Gasteiger partial charge on any atom is 0.240 e. The van der Waals surface area contributed by atoms with Crippen LogP contribution in [0.2, 0.25) is 0 Å². The molecule has 21 heavy (non-hydrogen) atoms. The Hall–Kier alpha value is -0.960. The number of ether oxygens (including phenoxy) is 1. The van der Waals surface area contributed by atoms with Crippen LogP contribution in [0.15, 0.2) is 33.6 Å². The number of hydrogen-bond acceptors (Lipinski definition) is 4. The number of benzene rings is 1. The molecule has 0 aliphatic carbocycles. The van der Waals surface area contributed by atoms with E-state index in [0.717, 1.165) is 6.42 Å². The van der Waals surface area contributed by atoms with Gasteiger partial charge in [-0.3, -0.25) is 4.79 Å². The summed E-state index contributed by atoms with van der Waals surface area (Å²) in [6.07, 6.45) is 0.826. The van der Waals surface area contributed by atoms with Gasteiger partial charge in [-0.1, -0.05) is 22.0 Å². The number of halogens is 1. The maximum absolute atomic E-state index is 12.0. The fourth-order valence-corrected chi connectivity index (χ4v) is 3.18. The molecule has 1 amide bonds. The number of methoxy groups -OCH3 is 1. The summed E-state index contributed by atoms with van der Waals surface area (Å²) in [5.74, 6) is -0.192. The zero-order valence-electron chi connectivity index (χ0n) is 11.8. The maximum atomic E-state index is 12.0. The molecule has 8 heteroatoms. The lowest BCUT2D eigenvalue weighted by atomic mass is 10.4. The summed E-state index contributed by atoms with van der Waals surface area (Å²) in [6, 6.07) is 6.39. The fourth-order valence-electron chi connectivity index (χ4n) is 1.55. The van der Waals surface area contributed by atoms with Crippen molar-refractivity contribution in [2.75, 3.05) is 26.8 Å². The van der Waals surface area contributed by atoms with Gasteiger partial charge in [-0.25, -0.2) is 13.1 Å². The summed E-state index contributed by atoms with van der Waals surface area (Å²) in [4.78, 5) is 11.7. The Morgan fingerprint density at radius 3 is 2.76 bits per heavy atom. The van der Waals surface area contributed by atoms with Crippen molar-refractivity contribution in [1.82, 2.24) is 10.0 Å². The standard InChI is InChI=1S/C13H19BrN2O4S/c1-20-9-3-7-15-13(17)6-8-16-21(18,19)12-5-2-4-11(14)10-12/h2,4-5,10,16H,3,6-9H2,1H3,(H,15,17). The zero-order chi connectivity index (χ0) is 15.7. The molecule has 0 aliphatic heterocycles. The van der Waals surface area contributed by atoms with Crippen LogP contribution in [0.5, 0.6) is 0 Å². The van der Waals surface area contributed by atoms with Gasteiger partial charge < -0.3 is 10.1 Å². The van der Waals surface area contributed by atoms with E-state index in [2.05, 4.69) is 26.0 Å². The van der Waals surface area contributed by atoms with Crippen LogP contribution in [0.25, 0.3) is 0 Å². The molecule has 6 nitrogen and oxygen atoms in total. The normalized spacial score (nSPS) is 11.3. The first-order valence-electron chi connectivity index (χ1n) is 6.46.